The van der Waals surface area contributed by atoms with Crippen LogP contribution < -0.4 is 15.4 Å². The predicted octanol–water partition coefficient (Wildman–Crippen LogP) is 4.32. The van der Waals surface area contributed by atoms with Crippen molar-refractivity contribution in [1.29, 1.82) is 0 Å². The number of hydrogen-bond donors (Lipinski definition) is 2. The summed E-state index contributed by atoms with van der Waals surface area (Å²) in [6, 6.07) is 11.3. The topological polar surface area (TPSA) is 67.4 Å². The highest BCUT2D eigenvalue weighted by molar-refractivity contribution is 8.01. The molecule has 2 amide bonds. The summed E-state index contributed by atoms with van der Waals surface area (Å²) in [5.74, 6) is 0.498. The van der Waals surface area contributed by atoms with Gasteiger partial charge in [-0.3, -0.25) is 9.59 Å². The maximum Gasteiger partial charge on any atom is 0.237 e. The third-order valence-corrected chi connectivity index (χ3v) is 5.28. The zero-order valence-electron chi connectivity index (χ0n) is 16.4. The molecule has 0 spiro atoms. The smallest absolute Gasteiger partial charge is 0.237 e. The Bertz CT molecular complexity index is 813. The largest absolute Gasteiger partial charge is 0.495 e. The number of nitrogens with one attached hydrogen (secondary N) is 2. The number of hydrogen-bond acceptors (Lipinski definition) is 4. The third kappa shape index (κ3) is 5.76. The molecule has 0 aliphatic heterocycles. The molecule has 0 aliphatic rings. The Morgan fingerprint density at radius 2 is 1.70 bits per heavy atom. The summed E-state index contributed by atoms with van der Waals surface area (Å²) >= 11 is 1.29. The molecule has 2 rings (SSSR count). The molecule has 27 heavy (non-hydrogen) atoms. The van der Waals surface area contributed by atoms with Crippen molar-refractivity contribution in [3.05, 3.63) is 53.1 Å². The second-order valence-electron chi connectivity index (χ2n) is 6.46. The van der Waals surface area contributed by atoms with Crippen LogP contribution in [-0.2, 0) is 9.59 Å². The lowest BCUT2D eigenvalue weighted by Gasteiger charge is -2.16. The number of para-hydroxylation sites is 2. The van der Waals surface area contributed by atoms with Crippen molar-refractivity contribution in [2.45, 2.75) is 32.9 Å². The van der Waals surface area contributed by atoms with E-state index < -0.39 is 0 Å². The number of amides is 2. The molecule has 0 heterocycles. The summed E-state index contributed by atoms with van der Waals surface area (Å²) in [6.45, 7) is 7.79. The van der Waals surface area contributed by atoms with Crippen molar-refractivity contribution in [2.75, 3.05) is 23.5 Å². The normalized spacial score (nSPS) is 11.6. The highest BCUT2D eigenvalue weighted by Crippen LogP contribution is 2.25. The summed E-state index contributed by atoms with van der Waals surface area (Å²) in [7, 11) is 1.56. The number of carbonyl (C=O) groups is 2. The number of rotatable bonds is 7. The molecule has 2 N–H and O–H groups in total. The van der Waals surface area contributed by atoms with Gasteiger partial charge in [-0.25, -0.2) is 0 Å². The minimum atomic E-state index is -0.353. The summed E-state index contributed by atoms with van der Waals surface area (Å²) in [5, 5.41) is 5.45. The van der Waals surface area contributed by atoms with Crippen LogP contribution in [0.25, 0.3) is 0 Å². The molecule has 0 saturated carbocycles. The van der Waals surface area contributed by atoms with Crippen molar-refractivity contribution in [3.8, 4) is 5.75 Å². The van der Waals surface area contributed by atoms with Gasteiger partial charge in [0.1, 0.15) is 5.75 Å². The Morgan fingerprint density at radius 3 is 2.33 bits per heavy atom. The molecule has 1 atom stereocenters. The molecular weight excluding hydrogens is 360 g/mol. The number of thioether (sulfide) groups is 1. The van der Waals surface area contributed by atoms with E-state index in [1.54, 1.807) is 26.2 Å². The highest BCUT2D eigenvalue weighted by atomic mass is 32.2. The number of benzene rings is 2. The number of methoxy groups -OCH3 is 1. The molecule has 0 bridgehead atoms. The quantitative estimate of drug-likeness (QED) is 0.744. The number of carbonyl (C=O) groups excluding carboxylic acids is 2. The molecule has 2 aromatic rings. The lowest BCUT2D eigenvalue weighted by Crippen LogP contribution is -2.25. The third-order valence-electron chi connectivity index (χ3n) is 4.14. The Kier molecular flexibility index (Phi) is 7.30. The Labute approximate surface area is 164 Å². The van der Waals surface area contributed by atoms with E-state index in [1.807, 2.05) is 45.0 Å². The molecule has 0 aromatic heterocycles. The second-order valence-corrected chi connectivity index (χ2v) is 7.79. The predicted molar refractivity (Wildman–Crippen MR) is 113 cm³/mol. The van der Waals surface area contributed by atoms with Gasteiger partial charge in [-0.05, 0) is 51.0 Å². The van der Waals surface area contributed by atoms with Crippen LogP contribution in [0.3, 0.4) is 0 Å². The van der Waals surface area contributed by atoms with Gasteiger partial charge in [0.25, 0.3) is 0 Å². The zero-order valence-corrected chi connectivity index (χ0v) is 17.2. The summed E-state index contributed by atoms with van der Waals surface area (Å²) in [6.07, 6.45) is 0. The molecule has 0 saturated heterocycles. The first-order chi connectivity index (χ1) is 12.8. The maximum atomic E-state index is 12.5. The Hall–Kier alpha value is -2.47. The average Bonchev–Trinajstić information content (AvgIpc) is 2.62. The van der Waals surface area contributed by atoms with Crippen LogP contribution in [-0.4, -0.2) is 29.9 Å². The fraction of sp³-hybridized carbons (Fsp3) is 0.333. The SMILES string of the molecule is COc1ccccc1NC(=O)CSC(C)C(=O)Nc1c(C)cc(C)cc1C. The van der Waals surface area contributed by atoms with Gasteiger partial charge in [-0.2, -0.15) is 0 Å². The van der Waals surface area contributed by atoms with Crippen molar-refractivity contribution in [2.24, 2.45) is 0 Å². The molecule has 0 fully saturated rings. The van der Waals surface area contributed by atoms with Gasteiger partial charge in [-0.1, -0.05) is 29.8 Å². The molecular formula is C21H26N2O3S. The molecule has 2 aromatic carbocycles. The van der Waals surface area contributed by atoms with Crippen molar-refractivity contribution >= 4 is 35.0 Å². The van der Waals surface area contributed by atoms with Crippen LogP contribution >= 0.6 is 11.8 Å². The van der Waals surface area contributed by atoms with E-state index in [4.69, 9.17) is 4.74 Å². The number of anilines is 2. The molecule has 0 aliphatic carbocycles. The van der Waals surface area contributed by atoms with Crippen LogP contribution in [0.5, 0.6) is 5.75 Å². The Morgan fingerprint density at radius 1 is 1.07 bits per heavy atom. The fourth-order valence-electron chi connectivity index (χ4n) is 2.81. The number of ether oxygens (including phenoxy) is 1. The second kappa shape index (κ2) is 9.46. The fourth-order valence-corrected chi connectivity index (χ4v) is 3.50. The molecule has 0 radical (unpaired) electrons. The lowest BCUT2D eigenvalue weighted by atomic mass is 10.1. The monoisotopic (exact) mass is 386 g/mol. The van der Waals surface area contributed by atoms with Crippen LogP contribution in [0.1, 0.15) is 23.6 Å². The molecule has 144 valence electrons. The van der Waals surface area contributed by atoms with Crippen LogP contribution in [0, 0.1) is 20.8 Å². The first kappa shape index (κ1) is 20.8. The van der Waals surface area contributed by atoms with Gasteiger partial charge in [0.2, 0.25) is 11.8 Å². The minimum Gasteiger partial charge on any atom is -0.495 e. The highest BCUT2D eigenvalue weighted by Gasteiger charge is 2.17. The van der Waals surface area contributed by atoms with E-state index in [0.29, 0.717) is 11.4 Å². The van der Waals surface area contributed by atoms with E-state index in [-0.39, 0.29) is 22.8 Å². The standard InChI is InChI=1S/C21H26N2O3S/c1-13-10-14(2)20(15(3)11-13)23-21(25)16(4)27-12-19(24)22-17-8-6-7-9-18(17)26-5/h6-11,16H,12H2,1-5H3,(H,22,24)(H,23,25). The number of aryl methyl sites for hydroxylation is 3. The van der Waals surface area contributed by atoms with Gasteiger partial charge in [0.05, 0.1) is 23.8 Å². The first-order valence-corrected chi connectivity index (χ1v) is 9.80. The Balaban J connectivity index is 1.90. The summed E-state index contributed by atoms with van der Waals surface area (Å²) < 4.78 is 5.22. The van der Waals surface area contributed by atoms with Crippen molar-refractivity contribution < 1.29 is 14.3 Å². The van der Waals surface area contributed by atoms with Gasteiger partial charge < -0.3 is 15.4 Å². The summed E-state index contributed by atoms with van der Waals surface area (Å²) in [5.41, 5.74) is 4.70. The first-order valence-electron chi connectivity index (χ1n) is 8.75. The minimum absolute atomic E-state index is 0.111. The van der Waals surface area contributed by atoms with Gasteiger partial charge in [-0.15, -0.1) is 11.8 Å². The van der Waals surface area contributed by atoms with Crippen LogP contribution in [0.4, 0.5) is 11.4 Å². The van der Waals surface area contributed by atoms with Crippen LogP contribution in [0.15, 0.2) is 36.4 Å². The zero-order chi connectivity index (χ0) is 20.0. The molecule has 6 heteroatoms. The maximum absolute atomic E-state index is 12.5. The van der Waals surface area contributed by atoms with Crippen LogP contribution in [0.2, 0.25) is 0 Å². The van der Waals surface area contributed by atoms with Crippen molar-refractivity contribution in [3.63, 3.8) is 0 Å². The van der Waals surface area contributed by atoms with Crippen molar-refractivity contribution in [1.82, 2.24) is 0 Å². The molecule has 5 nitrogen and oxygen atoms in total. The average molecular weight is 387 g/mol. The summed E-state index contributed by atoms with van der Waals surface area (Å²) in [4.78, 5) is 24.7. The molecule has 1 unspecified atom stereocenters. The van der Waals surface area contributed by atoms with E-state index in [9.17, 15) is 9.59 Å². The van der Waals surface area contributed by atoms with Gasteiger partial charge in [0.15, 0.2) is 0 Å². The van der Waals surface area contributed by atoms with E-state index in [0.717, 1.165) is 16.8 Å². The van der Waals surface area contributed by atoms with Gasteiger partial charge >= 0.3 is 0 Å². The van der Waals surface area contributed by atoms with E-state index in [2.05, 4.69) is 10.6 Å². The van der Waals surface area contributed by atoms with E-state index >= 15 is 0 Å². The van der Waals surface area contributed by atoms with E-state index in [1.165, 1.54) is 17.3 Å². The lowest BCUT2D eigenvalue weighted by molar-refractivity contribution is -0.115. The van der Waals surface area contributed by atoms with Gasteiger partial charge in [0, 0.05) is 5.69 Å².